The van der Waals surface area contributed by atoms with E-state index in [1.54, 1.807) is 8.71 Å². The van der Waals surface area contributed by atoms with E-state index in [1.165, 1.54) is 0 Å². The fourth-order valence-electron chi connectivity index (χ4n) is 0. The van der Waals surface area contributed by atoms with Crippen molar-refractivity contribution in [1.82, 2.24) is 8.71 Å². The predicted octanol–water partition coefficient (Wildman–Crippen LogP) is 1.76. The topological polar surface area (TPSA) is 24.1 Å². The Balaban J connectivity index is -0.0000000400. The molecule has 42 valence electrons. The molecule has 0 radical (unpaired) electrons. The zero-order valence-corrected chi connectivity index (χ0v) is 9.21. The molecule has 2 N–H and O–H groups in total. The number of hydrogen-bond acceptors (Lipinski definition) is 2. The van der Waals surface area contributed by atoms with Crippen LogP contribution in [0.15, 0.2) is 0 Å². The number of hydrogen-bond donors (Lipinski definition) is 2. The largest absolute Gasteiger partial charge is 0.145 e. The molecule has 0 unspecified atom stereocenters. The van der Waals surface area contributed by atoms with Gasteiger partial charge in [0.15, 0.2) is 0 Å². The minimum Gasteiger partial charge on any atom is -0.145 e. The van der Waals surface area contributed by atoms with Gasteiger partial charge in [-0.25, -0.2) is 0 Å². The summed E-state index contributed by atoms with van der Waals surface area (Å²) >= 11 is 18.1. The molecule has 0 saturated heterocycles. The summed E-state index contributed by atoms with van der Waals surface area (Å²) in [6.07, 6.45) is 0. The average Bonchev–Trinajstić information content (AvgIpc) is 1.39. The van der Waals surface area contributed by atoms with E-state index in [0.717, 1.165) is 0 Å². The number of halogens is 4. The molecule has 0 fully saturated rings. The van der Waals surface area contributed by atoms with Crippen molar-refractivity contribution >= 4 is 47.1 Å². The fourth-order valence-corrected chi connectivity index (χ4v) is 0. The van der Waals surface area contributed by atoms with Crippen LogP contribution in [-0.2, 0) is 19.5 Å². The van der Waals surface area contributed by atoms with Gasteiger partial charge in [-0.2, -0.15) is 0 Å². The maximum absolute atomic E-state index is 4.51. The van der Waals surface area contributed by atoms with E-state index < -0.39 is 0 Å². The van der Waals surface area contributed by atoms with Crippen molar-refractivity contribution in [3.05, 3.63) is 0 Å². The smallest absolute Gasteiger partial charge is 0 e. The SMILES string of the molecule is ClNCl.ClNCl.[Zn]. The van der Waals surface area contributed by atoms with Crippen molar-refractivity contribution in [1.29, 1.82) is 0 Å². The third kappa shape index (κ3) is 86.4. The summed E-state index contributed by atoms with van der Waals surface area (Å²) in [6.45, 7) is 0. The Hall–Kier alpha value is 1.70. The summed E-state index contributed by atoms with van der Waals surface area (Å²) in [4.78, 5) is 0. The van der Waals surface area contributed by atoms with Crippen LogP contribution in [0.3, 0.4) is 0 Å². The van der Waals surface area contributed by atoms with Gasteiger partial charge in [0.2, 0.25) is 0 Å². The van der Waals surface area contributed by atoms with E-state index >= 15 is 0 Å². The first-order valence-corrected chi connectivity index (χ1v) is 2.27. The Labute approximate surface area is 75.0 Å². The van der Waals surface area contributed by atoms with E-state index in [0.29, 0.717) is 0 Å². The first kappa shape index (κ1) is 15.9. The monoisotopic (exact) mass is 234 g/mol. The van der Waals surface area contributed by atoms with Gasteiger partial charge in [0.25, 0.3) is 0 Å². The van der Waals surface area contributed by atoms with Crippen LogP contribution in [-0.4, -0.2) is 0 Å². The third-order valence-corrected chi connectivity index (χ3v) is 0. The zero-order chi connectivity index (χ0) is 5.41. The second-order valence-electron chi connectivity index (χ2n) is 0.143. The standard InChI is InChI=1S/2Cl2HN.Zn/c2*1-3-2;/h2*3H;. The second-order valence-corrected chi connectivity index (χ2v) is 1.29. The van der Waals surface area contributed by atoms with Crippen molar-refractivity contribution in [2.24, 2.45) is 0 Å². The summed E-state index contributed by atoms with van der Waals surface area (Å²) in [7, 11) is 0. The van der Waals surface area contributed by atoms with Gasteiger partial charge < -0.3 is 0 Å². The van der Waals surface area contributed by atoms with Gasteiger partial charge in [0.05, 0.1) is 0 Å². The molecule has 0 aromatic heterocycles. The van der Waals surface area contributed by atoms with Crippen LogP contribution in [0.25, 0.3) is 0 Å². The van der Waals surface area contributed by atoms with Crippen molar-refractivity contribution < 1.29 is 19.5 Å². The van der Waals surface area contributed by atoms with E-state index in [4.69, 9.17) is 0 Å². The molecule has 0 aliphatic heterocycles. The Morgan fingerprint density at radius 3 is 0.714 bits per heavy atom. The molecule has 0 amide bonds. The minimum absolute atomic E-state index is 0. The molecule has 2 nitrogen and oxygen atoms in total. The molecule has 7 heavy (non-hydrogen) atoms. The summed E-state index contributed by atoms with van der Waals surface area (Å²) in [6, 6.07) is 0. The van der Waals surface area contributed by atoms with Gasteiger partial charge in [-0.05, 0) is 47.1 Å². The maximum atomic E-state index is 4.51. The van der Waals surface area contributed by atoms with Crippen molar-refractivity contribution in [3.8, 4) is 0 Å². The first-order valence-electron chi connectivity index (χ1n) is 0.756. The molecule has 0 bridgehead atoms. The summed E-state index contributed by atoms with van der Waals surface area (Å²) in [5, 5.41) is 0. The summed E-state index contributed by atoms with van der Waals surface area (Å²) < 4.78 is 3.39. The molecule has 0 atom stereocenters. The molecule has 0 aromatic carbocycles. The van der Waals surface area contributed by atoms with Crippen LogP contribution >= 0.6 is 47.1 Å². The minimum atomic E-state index is 0. The maximum Gasteiger partial charge on any atom is 0 e. The summed E-state index contributed by atoms with van der Waals surface area (Å²) in [5.74, 6) is 0. The number of nitrogens with one attached hydrogen (secondary N) is 2. The second kappa shape index (κ2) is 25.2. The molecule has 0 spiro atoms. The third-order valence-electron chi connectivity index (χ3n) is 0. The van der Waals surface area contributed by atoms with Crippen LogP contribution in [0.2, 0.25) is 0 Å². The Kier molecular flexibility index (Phi) is 57.2. The molecular weight excluding hydrogens is 235 g/mol. The van der Waals surface area contributed by atoms with Crippen LogP contribution in [0.1, 0.15) is 0 Å². The van der Waals surface area contributed by atoms with Gasteiger partial charge >= 0.3 is 0 Å². The molecule has 0 aliphatic rings. The van der Waals surface area contributed by atoms with Crippen molar-refractivity contribution in [2.45, 2.75) is 0 Å². The molecule has 0 aromatic rings. The molecule has 0 saturated carbocycles. The fraction of sp³-hybridized carbons (Fsp3) is 0. The van der Waals surface area contributed by atoms with E-state index in [-0.39, 0.29) is 19.5 Å². The quantitative estimate of drug-likeness (QED) is 0.495. The van der Waals surface area contributed by atoms with Gasteiger partial charge in [-0.1, -0.05) is 0 Å². The van der Waals surface area contributed by atoms with Crippen LogP contribution < -0.4 is 8.71 Å². The van der Waals surface area contributed by atoms with E-state index in [2.05, 4.69) is 47.1 Å². The Morgan fingerprint density at radius 1 is 0.714 bits per heavy atom. The van der Waals surface area contributed by atoms with Gasteiger partial charge in [-0.15, -0.1) is 8.71 Å². The van der Waals surface area contributed by atoms with Gasteiger partial charge in [-0.3, -0.25) is 0 Å². The zero-order valence-electron chi connectivity index (χ0n) is 3.22. The van der Waals surface area contributed by atoms with Crippen molar-refractivity contribution in [2.75, 3.05) is 0 Å². The Bertz CT molecular complexity index is 11.7. The molecular formula is H2Cl4N2Zn. The summed E-state index contributed by atoms with van der Waals surface area (Å²) in [5.41, 5.74) is 0. The van der Waals surface area contributed by atoms with Gasteiger partial charge in [0.1, 0.15) is 0 Å². The molecule has 0 aliphatic carbocycles. The normalized spacial score (nSPS) is 5.14. The van der Waals surface area contributed by atoms with Crippen LogP contribution in [0.4, 0.5) is 0 Å². The molecule has 0 rings (SSSR count). The molecule has 0 heterocycles. The van der Waals surface area contributed by atoms with E-state index in [1.807, 2.05) is 0 Å². The van der Waals surface area contributed by atoms with Gasteiger partial charge in [0, 0.05) is 19.5 Å². The molecule has 7 heteroatoms. The van der Waals surface area contributed by atoms with Crippen molar-refractivity contribution in [3.63, 3.8) is 0 Å². The predicted molar refractivity (Wildman–Crippen MR) is 29.7 cm³/mol. The van der Waals surface area contributed by atoms with E-state index in [9.17, 15) is 0 Å². The first-order chi connectivity index (χ1) is 2.83. The Morgan fingerprint density at radius 2 is 0.714 bits per heavy atom. The van der Waals surface area contributed by atoms with Crippen LogP contribution in [0.5, 0.6) is 0 Å². The number of rotatable bonds is 0. The average molecular weight is 237 g/mol. The van der Waals surface area contributed by atoms with Crippen LogP contribution in [0, 0.1) is 0 Å².